The summed E-state index contributed by atoms with van der Waals surface area (Å²) in [6.07, 6.45) is 2.91. The van der Waals surface area contributed by atoms with Crippen molar-refractivity contribution in [3.8, 4) is 0 Å². The monoisotopic (exact) mass is 247 g/mol. The van der Waals surface area contributed by atoms with Gasteiger partial charge in [0, 0.05) is 6.04 Å². The Morgan fingerprint density at radius 3 is 2.50 bits per heavy atom. The second-order valence-corrected chi connectivity index (χ2v) is 5.21. The van der Waals surface area contributed by atoms with Gasteiger partial charge in [0.15, 0.2) is 0 Å². The molecule has 1 aromatic carbocycles. The molecule has 0 aliphatic heterocycles. The molecule has 0 amide bonds. The Hall–Kier alpha value is -1.35. The molecule has 0 aromatic heterocycles. The number of nitrogens with one attached hydrogen (secondary N) is 1. The Morgan fingerprint density at radius 2 is 2.06 bits per heavy atom. The van der Waals surface area contributed by atoms with Crippen molar-refractivity contribution in [1.29, 1.82) is 0 Å². The highest BCUT2D eigenvalue weighted by Crippen LogP contribution is 2.46. The summed E-state index contributed by atoms with van der Waals surface area (Å²) in [5.74, 6) is -0.539. The van der Waals surface area contributed by atoms with Gasteiger partial charge in [-0.05, 0) is 37.7 Å². The highest BCUT2D eigenvalue weighted by molar-refractivity contribution is 5.82. The van der Waals surface area contributed by atoms with Gasteiger partial charge in [-0.25, -0.2) is 4.79 Å². The summed E-state index contributed by atoms with van der Waals surface area (Å²) in [6, 6.07) is 9.78. The molecule has 0 bridgehead atoms. The molecule has 0 spiro atoms. The number of benzene rings is 1. The van der Waals surface area contributed by atoms with Crippen molar-refractivity contribution in [3.05, 3.63) is 35.9 Å². The fraction of sp³-hybridized carbons (Fsp3) is 0.533. The van der Waals surface area contributed by atoms with Crippen LogP contribution in [0.1, 0.15) is 38.7 Å². The van der Waals surface area contributed by atoms with E-state index in [0.717, 1.165) is 24.8 Å². The number of hydrogen-bond acceptors (Lipinski definition) is 2. The van der Waals surface area contributed by atoms with Gasteiger partial charge < -0.3 is 5.11 Å². The third-order valence-corrected chi connectivity index (χ3v) is 3.84. The van der Waals surface area contributed by atoms with Crippen molar-refractivity contribution in [3.63, 3.8) is 0 Å². The smallest absolute Gasteiger partial charge is 0.328 e. The first-order valence-electron chi connectivity index (χ1n) is 6.67. The molecule has 1 aliphatic rings. The van der Waals surface area contributed by atoms with Gasteiger partial charge >= 0.3 is 5.97 Å². The van der Waals surface area contributed by atoms with Gasteiger partial charge in [0.2, 0.25) is 0 Å². The van der Waals surface area contributed by atoms with E-state index in [1.54, 1.807) is 0 Å². The second-order valence-electron chi connectivity index (χ2n) is 5.21. The molecule has 3 nitrogen and oxygen atoms in total. The van der Waals surface area contributed by atoms with Crippen molar-refractivity contribution < 1.29 is 9.90 Å². The average Bonchev–Trinajstić information content (AvgIpc) is 3.21. The maximum absolute atomic E-state index is 11.9. The van der Waals surface area contributed by atoms with Crippen LogP contribution in [0.25, 0.3) is 0 Å². The molecule has 1 fully saturated rings. The van der Waals surface area contributed by atoms with Crippen molar-refractivity contribution in [2.45, 2.75) is 44.7 Å². The van der Waals surface area contributed by atoms with E-state index >= 15 is 0 Å². The predicted molar refractivity (Wildman–Crippen MR) is 71.4 cm³/mol. The van der Waals surface area contributed by atoms with E-state index in [1.165, 1.54) is 0 Å². The first-order chi connectivity index (χ1) is 8.61. The molecule has 2 rings (SSSR count). The molecule has 1 saturated carbocycles. The molecule has 2 atom stereocenters. The van der Waals surface area contributed by atoms with E-state index in [0.29, 0.717) is 0 Å². The maximum atomic E-state index is 11.9. The molecule has 2 unspecified atom stereocenters. The summed E-state index contributed by atoms with van der Waals surface area (Å²) >= 11 is 0. The van der Waals surface area contributed by atoms with Crippen LogP contribution in [0, 0.1) is 5.92 Å². The number of carboxylic acid groups (broad SMARTS) is 1. The molecule has 2 N–H and O–H groups in total. The van der Waals surface area contributed by atoms with Gasteiger partial charge in [0.25, 0.3) is 0 Å². The topological polar surface area (TPSA) is 49.3 Å². The maximum Gasteiger partial charge on any atom is 0.328 e. The number of aliphatic carboxylic acids is 1. The van der Waals surface area contributed by atoms with E-state index in [1.807, 2.05) is 37.3 Å². The number of hydrogen-bond donors (Lipinski definition) is 2. The van der Waals surface area contributed by atoms with Crippen LogP contribution >= 0.6 is 0 Å². The van der Waals surface area contributed by atoms with Crippen molar-refractivity contribution in [1.82, 2.24) is 5.32 Å². The lowest BCUT2D eigenvalue weighted by Crippen LogP contribution is -2.54. The van der Waals surface area contributed by atoms with Gasteiger partial charge in [-0.15, -0.1) is 0 Å². The Kier molecular flexibility index (Phi) is 3.71. The Balaban J connectivity index is 2.40. The molecule has 1 aliphatic carbocycles. The molecule has 18 heavy (non-hydrogen) atoms. The number of rotatable bonds is 6. The van der Waals surface area contributed by atoms with Crippen LogP contribution in [-0.2, 0) is 10.3 Å². The van der Waals surface area contributed by atoms with Crippen LogP contribution in [0.2, 0.25) is 0 Å². The molecule has 0 radical (unpaired) electrons. The lowest BCUT2D eigenvalue weighted by molar-refractivity contribution is -0.147. The fourth-order valence-corrected chi connectivity index (χ4v) is 2.50. The SMILES string of the molecule is CCC(C)NC(C(=O)O)(c1ccccc1)C1CC1. The number of carboxylic acids is 1. The van der Waals surface area contributed by atoms with Crippen molar-refractivity contribution in [2.24, 2.45) is 5.92 Å². The molecule has 3 heteroatoms. The lowest BCUT2D eigenvalue weighted by Gasteiger charge is -2.34. The second kappa shape index (κ2) is 5.11. The van der Waals surface area contributed by atoms with E-state index in [4.69, 9.17) is 0 Å². The zero-order chi connectivity index (χ0) is 13.2. The van der Waals surface area contributed by atoms with E-state index < -0.39 is 11.5 Å². The molecule has 98 valence electrons. The summed E-state index contributed by atoms with van der Waals surface area (Å²) in [6.45, 7) is 4.12. The van der Waals surface area contributed by atoms with Gasteiger partial charge in [-0.2, -0.15) is 0 Å². The fourth-order valence-electron chi connectivity index (χ4n) is 2.50. The summed E-state index contributed by atoms with van der Waals surface area (Å²) in [7, 11) is 0. The molecule has 0 heterocycles. The third kappa shape index (κ3) is 2.27. The predicted octanol–water partition coefficient (Wildman–Crippen LogP) is 2.76. The van der Waals surface area contributed by atoms with Crippen LogP contribution in [0.15, 0.2) is 30.3 Å². The first-order valence-corrected chi connectivity index (χ1v) is 6.67. The number of carbonyl (C=O) groups is 1. The van der Waals surface area contributed by atoms with Crippen LogP contribution in [0.5, 0.6) is 0 Å². The molecular weight excluding hydrogens is 226 g/mol. The van der Waals surface area contributed by atoms with Crippen LogP contribution in [-0.4, -0.2) is 17.1 Å². The minimum absolute atomic E-state index is 0.196. The van der Waals surface area contributed by atoms with Crippen molar-refractivity contribution in [2.75, 3.05) is 0 Å². The van der Waals surface area contributed by atoms with Gasteiger partial charge in [0.05, 0.1) is 0 Å². The summed E-state index contributed by atoms with van der Waals surface area (Å²) in [5.41, 5.74) is -0.0308. The van der Waals surface area contributed by atoms with Gasteiger partial charge in [-0.1, -0.05) is 37.3 Å². The average molecular weight is 247 g/mol. The quantitative estimate of drug-likeness (QED) is 0.812. The highest BCUT2D eigenvalue weighted by Gasteiger charge is 2.52. The standard InChI is InChI=1S/C15H21NO2/c1-3-11(2)16-15(14(17)18,13-9-10-13)12-7-5-4-6-8-12/h4-8,11,13,16H,3,9-10H2,1-2H3,(H,17,18). The largest absolute Gasteiger partial charge is 0.480 e. The Morgan fingerprint density at radius 1 is 1.44 bits per heavy atom. The van der Waals surface area contributed by atoms with E-state index in [9.17, 15) is 9.90 Å². The van der Waals surface area contributed by atoms with Crippen LogP contribution in [0.4, 0.5) is 0 Å². The van der Waals surface area contributed by atoms with Gasteiger partial charge in [-0.3, -0.25) is 5.32 Å². The first kappa shape index (κ1) is 13.1. The van der Waals surface area contributed by atoms with Crippen LogP contribution < -0.4 is 5.32 Å². The zero-order valence-corrected chi connectivity index (χ0v) is 11.0. The third-order valence-electron chi connectivity index (χ3n) is 3.84. The molecule has 1 aromatic rings. The molecule has 0 saturated heterocycles. The van der Waals surface area contributed by atoms with Gasteiger partial charge in [0.1, 0.15) is 5.54 Å². The van der Waals surface area contributed by atoms with Crippen LogP contribution in [0.3, 0.4) is 0 Å². The Labute approximate surface area is 108 Å². The zero-order valence-electron chi connectivity index (χ0n) is 11.0. The minimum atomic E-state index is -0.906. The summed E-state index contributed by atoms with van der Waals surface area (Å²) in [5, 5.41) is 13.1. The van der Waals surface area contributed by atoms with E-state index in [-0.39, 0.29) is 12.0 Å². The minimum Gasteiger partial charge on any atom is -0.480 e. The van der Waals surface area contributed by atoms with E-state index in [2.05, 4.69) is 12.2 Å². The summed E-state index contributed by atoms with van der Waals surface area (Å²) in [4.78, 5) is 11.9. The summed E-state index contributed by atoms with van der Waals surface area (Å²) < 4.78 is 0. The lowest BCUT2D eigenvalue weighted by atomic mass is 9.84. The van der Waals surface area contributed by atoms with Crippen molar-refractivity contribution >= 4 is 5.97 Å². The molecular formula is C15H21NO2. The highest BCUT2D eigenvalue weighted by atomic mass is 16.4. The normalized spacial score (nSPS) is 20.1. The Bertz CT molecular complexity index is 414.